The Balaban J connectivity index is 2.27. The van der Waals surface area contributed by atoms with Gasteiger partial charge in [-0.3, -0.25) is 4.98 Å². The van der Waals surface area contributed by atoms with E-state index < -0.39 is 0 Å². The Morgan fingerprint density at radius 1 is 0.909 bits per heavy atom. The smallest absolute Gasteiger partial charge is 0.161 e. The van der Waals surface area contributed by atoms with Crippen molar-refractivity contribution in [3.05, 3.63) is 36.5 Å². The molecular formula is C18H19NO3. The van der Waals surface area contributed by atoms with Crippen molar-refractivity contribution in [2.45, 2.75) is 20.0 Å². The van der Waals surface area contributed by atoms with E-state index in [1.165, 1.54) is 0 Å². The number of methoxy groups -OCH3 is 2. The monoisotopic (exact) mass is 297 g/mol. The molecule has 114 valence electrons. The number of nitrogens with zero attached hydrogens (tertiary/aromatic N) is 1. The number of pyridine rings is 1. The fraction of sp³-hybridized carbons (Fsp3) is 0.278. The first-order valence-corrected chi connectivity index (χ1v) is 7.23. The van der Waals surface area contributed by atoms with Crippen molar-refractivity contribution in [3.8, 4) is 17.2 Å². The summed E-state index contributed by atoms with van der Waals surface area (Å²) in [6.45, 7) is 4.03. The third-order valence-electron chi connectivity index (χ3n) is 3.53. The minimum absolute atomic E-state index is 0.134. The molecule has 4 nitrogen and oxygen atoms in total. The molecule has 0 spiro atoms. The average molecular weight is 297 g/mol. The first-order valence-electron chi connectivity index (χ1n) is 7.23. The van der Waals surface area contributed by atoms with Crippen LogP contribution in [0.5, 0.6) is 17.2 Å². The Morgan fingerprint density at radius 2 is 1.64 bits per heavy atom. The van der Waals surface area contributed by atoms with Crippen molar-refractivity contribution in [2.24, 2.45) is 0 Å². The fourth-order valence-corrected chi connectivity index (χ4v) is 2.56. The molecule has 0 aliphatic heterocycles. The number of ether oxygens (including phenoxy) is 3. The van der Waals surface area contributed by atoms with Crippen LogP contribution in [0.25, 0.3) is 21.7 Å². The van der Waals surface area contributed by atoms with E-state index in [-0.39, 0.29) is 6.10 Å². The van der Waals surface area contributed by atoms with Crippen molar-refractivity contribution in [3.63, 3.8) is 0 Å². The molecule has 0 bridgehead atoms. The van der Waals surface area contributed by atoms with E-state index in [1.54, 1.807) is 14.2 Å². The summed E-state index contributed by atoms with van der Waals surface area (Å²) in [5.74, 6) is 2.25. The maximum Gasteiger partial charge on any atom is 0.161 e. The summed E-state index contributed by atoms with van der Waals surface area (Å²) in [7, 11) is 3.27. The SMILES string of the molecule is COc1cc2cnc3ccc(OC(C)C)cc3c2cc1OC. The van der Waals surface area contributed by atoms with Gasteiger partial charge in [-0.15, -0.1) is 0 Å². The molecule has 2 aromatic carbocycles. The van der Waals surface area contributed by atoms with E-state index in [2.05, 4.69) is 4.98 Å². The zero-order valence-corrected chi connectivity index (χ0v) is 13.2. The van der Waals surface area contributed by atoms with Gasteiger partial charge in [0.25, 0.3) is 0 Å². The van der Waals surface area contributed by atoms with E-state index >= 15 is 0 Å². The quantitative estimate of drug-likeness (QED) is 0.677. The van der Waals surface area contributed by atoms with Gasteiger partial charge in [-0.25, -0.2) is 0 Å². The third kappa shape index (κ3) is 2.52. The van der Waals surface area contributed by atoms with Crippen LogP contribution in [0.3, 0.4) is 0 Å². The van der Waals surface area contributed by atoms with Gasteiger partial charge in [0, 0.05) is 17.0 Å². The molecule has 0 unspecified atom stereocenters. The predicted octanol–water partition coefficient (Wildman–Crippen LogP) is 4.19. The van der Waals surface area contributed by atoms with Crippen molar-refractivity contribution >= 4 is 21.7 Å². The summed E-state index contributed by atoms with van der Waals surface area (Å²) in [5.41, 5.74) is 0.927. The number of rotatable bonds is 4. The van der Waals surface area contributed by atoms with Crippen LogP contribution in [0.15, 0.2) is 36.5 Å². The predicted molar refractivity (Wildman–Crippen MR) is 88.1 cm³/mol. The minimum Gasteiger partial charge on any atom is -0.493 e. The number of benzene rings is 2. The Hall–Kier alpha value is -2.49. The topological polar surface area (TPSA) is 40.6 Å². The molecule has 1 aromatic heterocycles. The van der Waals surface area contributed by atoms with Gasteiger partial charge < -0.3 is 14.2 Å². The molecule has 0 radical (unpaired) electrons. The largest absolute Gasteiger partial charge is 0.493 e. The van der Waals surface area contributed by atoms with Gasteiger partial charge in [0.1, 0.15) is 5.75 Å². The minimum atomic E-state index is 0.134. The van der Waals surface area contributed by atoms with Crippen molar-refractivity contribution in [1.29, 1.82) is 0 Å². The molecule has 0 amide bonds. The summed E-state index contributed by atoms with van der Waals surface area (Å²) in [4.78, 5) is 4.51. The molecule has 0 aliphatic carbocycles. The lowest BCUT2D eigenvalue weighted by molar-refractivity contribution is 0.243. The van der Waals surface area contributed by atoms with Crippen molar-refractivity contribution < 1.29 is 14.2 Å². The van der Waals surface area contributed by atoms with Crippen LogP contribution in [0.2, 0.25) is 0 Å². The number of hydrogen-bond donors (Lipinski definition) is 0. The van der Waals surface area contributed by atoms with Crippen LogP contribution in [-0.4, -0.2) is 25.3 Å². The highest BCUT2D eigenvalue weighted by Gasteiger charge is 2.10. The molecule has 4 heteroatoms. The van der Waals surface area contributed by atoms with Gasteiger partial charge in [0.15, 0.2) is 11.5 Å². The molecule has 0 saturated heterocycles. The number of aromatic nitrogens is 1. The highest BCUT2D eigenvalue weighted by Crippen LogP contribution is 2.35. The van der Waals surface area contributed by atoms with Gasteiger partial charge in [-0.05, 0) is 49.6 Å². The van der Waals surface area contributed by atoms with Crippen LogP contribution < -0.4 is 14.2 Å². The van der Waals surface area contributed by atoms with Gasteiger partial charge >= 0.3 is 0 Å². The van der Waals surface area contributed by atoms with E-state index in [4.69, 9.17) is 14.2 Å². The molecular weight excluding hydrogens is 278 g/mol. The molecule has 3 rings (SSSR count). The van der Waals surface area contributed by atoms with Gasteiger partial charge in [-0.2, -0.15) is 0 Å². The van der Waals surface area contributed by atoms with Gasteiger partial charge in [0.05, 0.1) is 25.8 Å². The highest BCUT2D eigenvalue weighted by molar-refractivity contribution is 6.07. The van der Waals surface area contributed by atoms with Crippen LogP contribution in [-0.2, 0) is 0 Å². The van der Waals surface area contributed by atoms with E-state index in [0.29, 0.717) is 11.5 Å². The third-order valence-corrected chi connectivity index (χ3v) is 3.53. The van der Waals surface area contributed by atoms with Gasteiger partial charge in [0.2, 0.25) is 0 Å². The number of hydrogen-bond acceptors (Lipinski definition) is 4. The first-order chi connectivity index (χ1) is 10.6. The van der Waals surface area contributed by atoms with Crippen molar-refractivity contribution in [1.82, 2.24) is 4.98 Å². The lowest BCUT2D eigenvalue weighted by Gasteiger charge is -2.13. The molecule has 0 atom stereocenters. The summed E-state index contributed by atoms with van der Waals surface area (Å²) < 4.78 is 16.6. The Labute approximate surface area is 129 Å². The zero-order chi connectivity index (χ0) is 15.7. The second-order valence-corrected chi connectivity index (χ2v) is 5.40. The highest BCUT2D eigenvalue weighted by atomic mass is 16.5. The maximum absolute atomic E-state index is 5.79. The normalized spacial score (nSPS) is 11.1. The standard InChI is InChI=1S/C18H19NO3/c1-11(2)22-13-5-6-16-15(8-13)14-9-18(21-4)17(20-3)7-12(14)10-19-16/h5-11H,1-4H3. The van der Waals surface area contributed by atoms with E-state index in [1.807, 2.05) is 50.4 Å². The summed E-state index contributed by atoms with van der Waals surface area (Å²) >= 11 is 0. The van der Waals surface area contributed by atoms with Gasteiger partial charge in [-0.1, -0.05) is 0 Å². The summed E-state index contributed by atoms with van der Waals surface area (Å²) in [6.07, 6.45) is 1.98. The number of fused-ring (bicyclic) bond motifs is 3. The molecule has 0 saturated carbocycles. The molecule has 0 N–H and O–H groups in total. The first kappa shape index (κ1) is 14.4. The Morgan fingerprint density at radius 3 is 2.32 bits per heavy atom. The molecule has 3 aromatic rings. The molecule has 0 fully saturated rings. The average Bonchev–Trinajstić information content (AvgIpc) is 2.52. The summed E-state index contributed by atoms with van der Waals surface area (Å²) in [5, 5.41) is 3.11. The lowest BCUT2D eigenvalue weighted by atomic mass is 10.1. The van der Waals surface area contributed by atoms with Crippen LogP contribution in [0.4, 0.5) is 0 Å². The summed E-state index contributed by atoms with van der Waals surface area (Å²) in [6, 6.07) is 9.87. The second kappa shape index (κ2) is 5.72. The fourth-order valence-electron chi connectivity index (χ4n) is 2.56. The second-order valence-electron chi connectivity index (χ2n) is 5.40. The Kier molecular flexibility index (Phi) is 3.75. The van der Waals surface area contributed by atoms with Crippen LogP contribution in [0.1, 0.15) is 13.8 Å². The molecule has 0 aliphatic rings. The van der Waals surface area contributed by atoms with E-state index in [9.17, 15) is 0 Å². The lowest BCUT2D eigenvalue weighted by Crippen LogP contribution is -2.05. The zero-order valence-electron chi connectivity index (χ0n) is 13.2. The van der Waals surface area contributed by atoms with Crippen LogP contribution >= 0.6 is 0 Å². The molecule has 22 heavy (non-hydrogen) atoms. The molecule has 1 heterocycles. The van der Waals surface area contributed by atoms with Crippen LogP contribution in [0, 0.1) is 0 Å². The maximum atomic E-state index is 5.79. The van der Waals surface area contributed by atoms with Crippen molar-refractivity contribution in [2.75, 3.05) is 14.2 Å². The van der Waals surface area contributed by atoms with E-state index in [0.717, 1.165) is 27.4 Å². The Bertz CT molecular complexity index is 827.